The highest BCUT2D eigenvalue weighted by Gasteiger charge is 2.12. The fourth-order valence-corrected chi connectivity index (χ4v) is 4.95. The van der Waals surface area contributed by atoms with E-state index in [2.05, 4.69) is 13.2 Å². The lowest BCUT2D eigenvalue weighted by molar-refractivity contribution is -0.138. The Hall–Kier alpha value is -5.38. The van der Waals surface area contributed by atoms with E-state index in [0.29, 0.717) is 60.6 Å². The van der Waals surface area contributed by atoms with Crippen molar-refractivity contribution < 1.29 is 47.6 Å². The Bertz CT molecular complexity index is 1410. The number of ether oxygens (including phenoxy) is 6. The molecule has 3 rings (SSSR count). The first-order chi connectivity index (χ1) is 25.4. The molecule has 0 unspecified atom stereocenters. The number of unbranched alkanes of at least 4 members (excludes halogenated alkanes) is 10. The second-order valence-corrected chi connectivity index (χ2v) is 12.0. The van der Waals surface area contributed by atoms with E-state index in [1.165, 1.54) is 12.2 Å². The first-order valence-electron chi connectivity index (χ1n) is 18.0. The lowest BCUT2D eigenvalue weighted by Crippen LogP contribution is -2.09. The molecular formula is C42H50O10. The molecule has 0 aliphatic carbocycles. The quantitative estimate of drug-likeness (QED) is 0.0344. The fraction of sp³-hybridized carbons (Fsp3) is 0.381. The summed E-state index contributed by atoms with van der Waals surface area (Å²) in [5.74, 6) is 0.195. The molecule has 0 spiro atoms. The van der Waals surface area contributed by atoms with Gasteiger partial charge >= 0.3 is 23.9 Å². The number of carbonyl (C=O) groups excluding carboxylic acids is 4. The van der Waals surface area contributed by atoms with Gasteiger partial charge in [-0.3, -0.25) is 0 Å². The number of esters is 4. The van der Waals surface area contributed by atoms with Crippen LogP contribution in [0.15, 0.2) is 98.1 Å². The molecule has 0 saturated heterocycles. The van der Waals surface area contributed by atoms with Gasteiger partial charge in [0.2, 0.25) is 0 Å². The van der Waals surface area contributed by atoms with E-state index < -0.39 is 11.9 Å². The van der Waals surface area contributed by atoms with Crippen LogP contribution in [0.2, 0.25) is 0 Å². The van der Waals surface area contributed by atoms with Crippen molar-refractivity contribution in [3.8, 4) is 23.0 Å². The van der Waals surface area contributed by atoms with Gasteiger partial charge in [-0.15, -0.1) is 0 Å². The summed E-state index contributed by atoms with van der Waals surface area (Å²) in [7, 11) is 0. The van der Waals surface area contributed by atoms with Gasteiger partial charge in [-0.1, -0.05) is 64.5 Å². The van der Waals surface area contributed by atoms with E-state index >= 15 is 0 Å². The van der Waals surface area contributed by atoms with Gasteiger partial charge in [0.25, 0.3) is 0 Å². The minimum Gasteiger partial charge on any atom is -0.494 e. The summed E-state index contributed by atoms with van der Waals surface area (Å²) in [4.78, 5) is 47.3. The van der Waals surface area contributed by atoms with Crippen LogP contribution in [0, 0.1) is 0 Å². The Labute approximate surface area is 306 Å². The average Bonchev–Trinajstić information content (AvgIpc) is 3.17. The molecule has 0 bridgehead atoms. The summed E-state index contributed by atoms with van der Waals surface area (Å²) < 4.78 is 32.5. The Morgan fingerprint density at radius 3 is 1.02 bits per heavy atom. The molecule has 52 heavy (non-hydrogen) atoms. The predicted octanol–water partition coefficient (Wildman–Crippen LogP) is 9.02. The van der Waals surface area contributed by atoms with E-state index in [-0.39, 0.29) is 11.9 Å². The van der Waals surface area contributed by atoms with E-state index in [1.54, 1.807) is 72.8 Å². The third kappa shape index (κ3) is 17.0. The zero-order valence-corrected chi connectivity index (χ0v) is 29.9. The second-order valence-electron chi connectivity index (χ2n) is 12.0. The SMILES string of the molecule is C=CC(=O)OCCCCCCCCOc1ccc(C(=O)Oc2ccc(OC(=O)c3ccc(OCCCCCCCCOC(=O)C=C)cc3)cc2)cc1. The van der Waals surface area contributed by atoms with E-state index in [1.807, 2.05) is 0 Å². The van der Waals surface area contributed by atoms with Crippen molar-refractivity contribution in [3.63, 3.8) is 0 Å². The molecule has 0 aliphatic rings. The summed E-state index contributed by atoms with van der Waals surface area (Å²) in [6.45, 7) is 8.77. The molecule has 0 atom stereocenters. The Balaban J connectivity index is 1.27. The molecule has 0 aliphatic heterocycles. The zero-order valence-electron chi connectivity index (χ0n) is 29.9. The van der Waals surface area contributed by atoms with Gasteiger partial charge in [-0.05, 0) is 98.5 Å². The lowest BCUT2D eigenvalue weighted by atomic mass is 10.1. The highest BCUT2D eigenvalue weighted by Crippen LogP contribution is 2.22. The Morgan fingerprint density at radius 1 is 0.404 bits per heavy atom. The highest BCUT2D eigenvalue weighted by atomic mass is 16.5. The molecule has 0 saturated carbocycles. The van der Waals surface area contributed by atoms with Gasteiger partial charge in [0, 0.05) is 12.2 Å². The Kier molecular flexibility index (Phi) is 19.5. The van der Waals surface area contributed by atoms with Crippen molar-refractivity contribution in [1.29, 1.82) is 0 Å². The van der Waals surface area contributed by atoms with Gasteiger partial charge in [-0.2, -0.15) is 0 Å². The van der Waals surface area contributed by atoms with Gasteiger partial charge in [0.15, 0.2) is 0 Å². The van der Waals surface area contributed by atoms with Crippen LogP contribution in [0.3, 0.4) is 0 Å². The van der Waals surface area contributed by atoms with E-state index in [9.17, 15) is 19.2 Å². The Morgan fingerprint density at radius 2 is 0.692 bits per heavy atom. The average molecular weight is 715 g/mol. The van der Waals surface area contributed by atoms with Crippen LogP contribution in [0.25, 0.3) is 0 Å². The number of hydrogen-bond donors (Lipinski definition) is 0. The number of rotatable bonds is 26. The molecule has 0 N–H and O–H groups in total. The van der Waals surface area contributed by atoms with E-state index in [0.717, 1.165) is 77.0 Å². The number of hydrogen-bond acceptors (Lipinski definition) is 10. The van der Waals surface area contributed by atoms with Crippen molar-refractivity contribution in [2.24, 2.45) is 0 Å². The minimum absolute atomic E-state index is 0.316. The standard InChI is InChI=1S/C42H50O10/c1-3-39(43)49-31-15-11-7-5-9-13-29-47-35-21-17-33(18-22-35)41(45)51-37-25-27-38(28-26-37)52-42(46)34-19-23-36(24-20-34)48-30-14-10-6-8-12-16-32-50-40(44)4-2/h3-4,17-28H,1-2,5-16,29-32H2. The summed E-state index contributed by atoms with van der Waals surface area (Å²) in [5.41, 5.74) is 0.762. The number of benzene rings is 3. The first kappa shape index (κ1) is 41.0. The monoisotopic (exact) mass is 714 g/mol. The molecular weight excluding hydrogens is 664 g/mol. The molecule has 0 radical (unpaired) electrons. The van der Waals surface area contributed by atoms with Gasteiger partial charge < -0.3 is 28.4 Å². The molecule has 3 aromatic rings. The smallest absolute Gasteiger partial charge is 0.343 e. The normalized spacial score (nSPS) is 10.5. The van der Waals surface area contributed by atoms with Crippen molar-refractivity contribution in [3.05, 3.63) is 109 Å². The van der Waals surface area contributed by atoms with Crippen molar-refractivity contribution >= 4 is 23.9 Å². The maximum Gasteiger partial charge on any atom is 0.343 e. The van der Waals surface area contributed by atoms with Crippen LogP contribution in [-0.2, 0) is 19.1 Å². The summed E-state index contributed by atoms with van der Waals surface area (Å²) in [5, 5.41) is 0. The summed E-state index contributed by atoms with van der Waals surface area (Å²) in [6, 6.07) is 19.8. The first-order valence-corrected chi connectivity index (χ1v) is 18.0. The third-order valence-electron chi connectivity index (χ3n) is 7.86. The predicted molar refractivity (Wildman–Crippen MR) is 198 cm³/mol. The molecule has 0 fully saturated rings. The third-order valence-corrected chi connectivity index (χ3v) is 7.86. The van der Waals surface area contributed by atoms with Crippen LogP contribution in [-0.4, -0.2) is 50.3 Å². The molecule has 3 aromatic carbocycles. The van der Waals surface area contributed by atoms with Crippen LogP contribution < -0.4 is 18.9 Å². The largest absolute Gasteiger partial charge is 0.494 e. The second kappa shape index (κ2) is 24.7. The fourth-order valence-electron chi connectivity index (χ4n) is 4.95. The molecule has 278 valence electrons. The van der Waals surface area contributed by atoms with Gasteiger partial charge in [0.1, 0.15) is 23.0 Å². The number of carbonyl (C=O) groups is 4. The minimum atomic E-state index is -0.515. The van der Waals surface area contributed by atoms with Crippen molar-refractivity contribution in [2.75, 3.05) is 26.4 Å². The van der Waals surface area contributed by atoms with Crippen LogP contribution in [0.5, 0.6) is 23.0 Å². The van der Waals surface area contributed by atoms with Crippen LogP contribution >= 0.6 is 0 Å². The maximum absolute atomic E-state index is 12.7. The zero-order chi connectivity index (χ0) is 37.2. The molecule has 10 nitrogen and oxygen atoms in total. The van der Waals surface area contributed by atoms with Gasteiger partial charge in [0.05, 0.1) is 37.6 Å². The lowest BCUT2D eigenvalue weighted by Gasteiger charge is -2.09. The van der Waals surface area contributed by atoms with Gasteiger partial charge in [-0.25, -0.2) is 19.2 Å². The van der Waals surface area contributed by atoms with Crippen LogP contribution in [0.4, 0.5) is 0 Å². The van der Waals surface area contributed by atoms with Crippen LogP contribution in [0.1, 0.15) is 97.8 Å². The molecule has 0 aromatic heterocycles. The summed E-state index contributed by atoms with van der Waals surface area (Å²) >= 11 is 0. The molecule has 0 heterocycles. The molecule has 0 amide bonds. The van der Waals surface area contributed by atoms with Crippen molar-refractivity contribution in [2.45, 2.75) is 77.0 Å². The van der Waals surface area contributed by atoms with Crippen molar-refractivity contribution in [1.82, 2.24) is 0 Å². The summed E-state index contributed by atoms with van der Waals surface area (Å²) in [6.07, 6.45) is 14.3. The maximum atomic E-state index is 12.7. The highest BCUT2D eigenvalue weighted by molar-refractivity contribution is 5.92. The van der Waals surface area contributed by atoms with E-state index in [4.69, 9.17) is 28.4 Å². The molecule has 10 heteroatoms. The topological polar surface area (TPSA) is 124 Å².